The fraction of sp³-hybridized carbons (Fsp3) is 0.200. The molecule has 2 aromatic carbocycles. The van der Waals surface area contributed by atoms with Crippen molar-refractivity contribution >= 4 is 40.1 Å². The fourth-order valence-electron chi connectivity index (χ4n) is 2.59. The molecule has 1 heterocycles. The molecule has 0 bridgehead atoms. The minimum absolute atomic E-state index is 0.0326. The van der Waals surface area contributed by atoms with Gasteiger partial charge in [-0.05, 0) is 43.7 Å². The minimum atomic E-state index is -0.929. The van der Waals surface area contributed by atoms with Gasteiger partial charge in [0.2, 0.25) is 0 Å². The number of halogens is 1. The number of aryl methyl sites for hydroxylation is 1. The minimum Gasteiger partial charge on any atom is -0.464 e. The van der Waals surface area contributed by atoms with E-state index in [0.29, 0.717) is 10.7 Å². The van der Waals surface area contributed by atoms with Crippen LogP contribution in [0.3, 0.4) is 0 Å². The molecule has 1 aromatic heterocycles. The number of carbonyl (C=O) groups excluding carboxylic acids is 2. The summed E-state index contributed by atoms with van der Waals surface area (Å²) in [7, 11) is 0. The Kier molecular flexibility index (Phi) is 5.28. The van der Waals surface area contributed by atoms with Crippen molar-refractivity contribution in [1.29, 1.82) is 0 Å². The van der Waals surface area contributed by atoms with Crippen LogP contribution in [0.5, 0.6) is 0 Å². The average Bonchev–Trinajstić information content (AvgIpc) is 2.96. The van der Waals surface area contributed by atoms with Crippen molar-refractivity contribution in [2.75, 3.05) is 5.32 Å². The smallest absolute Gasteiger partial charge is 0.311 e. The first-order valence-corrected chi connectivity index (χ1v) is 8.53. The summed E-state index contributed by atoms with van der Waals surface area (Å²) in [4.78, 5) is 24.3. The molecule has 5 nitrogen and oxygen atoms in total. The molecule has 0 aliphatic heterocycles. The van der Waals surface area contributed by atoms with Crippen LogP contribution in [0.4, 0.5) is 5.69 Å². The maximum Gasteiger partial charge on any atom is 0.311 e. The van der Waals surface area contributed by atoms with Crippen molar-refractivity contribution in [3.8, 4) is 0 Å². The molecule has 6 heteroatoms. The topological polar surface area (TPSA) is 68.5 Å². The lowest BCUT2D eigenvalue weighted by Crippen LogP contribution is -2.30. The van der Waals surface area contributed by atoms with Crippen LogP contribution in [-0.2, 0) is 20.7 Å². The molecule has 0 aliphatic carbocycles. The van der Waals surface area contributed by atoms with Gasteiger partial charge in [-0.2, -0.15) is 0 Å². The van der Waals surface area contributed by atoms with E-state index < -0.39 is 18.0 Å². The van der Waals surface area contributed by atoms with E-state index in [1.807, 2.05) is 25.1 Å². The lowest BCUT2D eigenvalue weighted by molar-refractivity contribution is -0.152. The van der Waals surface area contributed by atoms with E-state index in [0.717, 1.165) is 22.1 Å². The highest BCUT2D eigenvalue weighted by Crippen LogP contribution is 2.23. The van der Waals surface area contributed by atoms with Gasteiger partial charge in [0.25, 0.3) is 5.91 Å². The molecule has 3 aromatic rings. The molecule has 0 unspecified atom stereocenters. The number of esters is 1. The van der Waals surface area contributed by atoms with Crippen LogP contribution in [0.1, 0.15) is 18.1 Å². The van der Waals surface area contributed by atoms with Crippen molar-refractivity contribution in [3.63, 3.8) is 0 Å². The van der Waals surface area contributed by atoms with Gasteiger partial charge in [0.05, 0.1) is 12.7 Å². The second-order valence-electron chi connectivity index (χ2n) is 6.07. The highest BCUT2D eigenvalue weighted by atomic mass is 35.5. The van der Waals surface area contributed by atoms with E-state index in [9.17, 15) is 9.59 Å². The van der Waals surface area contributed by atoms with Gasteiger partial charge < -0.3 is 14.5 Å². The van der Waals surface area contributed by atoms with Crippen LogP contribution in [0.15, 0.2) is 53.1 Å². The monoisotopic (exact) mass is 371 g/mol. The number of hydrogen-bond acceptors (Lipinski definition) is 4. The summed E-state index contributed by atoms with van der Waals surface area (Å²) >= 11 is 5.88. The van der Waals surface area contributed by atoms with Gasteiger partial charge in [-0.25, -0.2) is 0 Å². The summed E-state index contributed by atoms with van der Waals surface area (Å²) in [5, 5.41) is 4.04. The van der Waals surface area contributed by atoms with Crippen molar-refractivity contribution in [2.24, 2.45) is 0 Å². The molecule has 134 valence electrons. The summed E-state index contributed by atoms with van der Waals surface area (Å²) in [5.74, 6) is -0.921. The van der Waals surface area contributed by atoms with Gasteiger partial charge in [-0.3, -0.25) is 9.59 Å². The van der Waals surface area contributed by atoms with Crippen LogP contribution in [0, 0.1) is 6.92 Å². The number of furan rings is 1. The summed E-state index contributed by atoms with van der Waals surface area (Å²) in [6, 6.07) is 12.5. The summed E-state index contributed by atoms with van der Waals surface area (Å²) < 4.78 is 10.7. The number of nitrogens with one attached hydrogen (secondary N) is 1. The average molecular weight is 372 g/mol. The maximum atomic E-state index is 12.2. The molecule has 1 atom stereocenters. The quantitative estimate of drug-likeness (QED) is 0.670. The number of amides is 1. The molecule has 0 saturated carbocycles. The van der Waals surface area contributed by atoms with Crippen LogP contribution < -0.4 is 5.32 Å². The molecule has 0 spiro atoms. The number of rotatable bonds is 5. The number of ether oxygens (including phenoxy) is 1. The fourth-order valence-corrected chi connectivity index (χ4v) is 2.78. The molecule has 3 rings (SSSR count). The number of fused-ring (bicyclic) bond motifs is 1. The van der Waals surface area contributed by atoms with Crippen LogP contribution in [0.25, 0.3) is 11.0 Å². The van der Waals surface area contributed by atoms with Gasteiger partial charge in [-0.15, -0.1) is 0 Å². The molecule has 0 saturated heterocycles. The Morgan fingerprint density at radius 1 is 1.23 bits per heavy atom. The van der Waals surface area contributed by atoms with Crippen molar-refractivity contribution in [1.82, 2.24) is 0 Å². The third-order valence-corrected chi connectivity index (χ3v) is 4.15. The summed E-state index contributed by atoms with van der Waals surface area (Å²) in [5.41, 5.74) is 3.07. The standard InChI is InChI=1S/C20H18ClNO4/c1-12-6-7-17-14(11-25-18(17)8-12)9-19(23)26-13(2)20(24)22-16-5-3-4-15(21)10-16/h3-8,10-11,13H,9H2,1-2H3,(H,22,24)/t13-/m1/s1. The van der Waals surface area contributed by atoms with Gasteiger partial charge >= 0.3 is 5.97 Å². The number of anilines is 1. The predicted molar refractivity (Wildman–Crippen MR) is 100 cm³/mol. The van der Waals surface area contributed by atoms with E-state index in [2.05, 4.69) is 5.32 Å². The molecule has 1 N–H and O–H groups in total. The van der Waals surface area contributed by atoms with E-state index in [1.54, 1.807) is 30.5 Å². The van der Waals surface area contributed by atoms with E-state index in [-0.39, 0.29) is 6.42 Å². The SMILES string of the molecule is Cc1ccc2c(CC(=O)O[C@H](C)C(=O)Nc3cccc(Cl)c3)coc2c1. The van der Waals surface area contributed by atoms with Crippen molar-refractivity contribution < 1.29 is 18.7 Å². The number of benzene rings is 2. The first kappa shape index (κ1) is 18.0. The molecule has 0 fully saturated rings. The Balaban J connectivity index is 1.60. The Morgan fingerprint density at radius 2 is 2.04 bits per heavy atom. The third kappa shape index (κ3) is 4.24. The van der Waals surface area contributed by atoms with E-state index >= 15 is 0 Å². The Bertz CT molecular complexity index is 963. The Morgan fingerprint density at radius 3 is 2.81 bits per heavy atom. The zero-order valence-electron chi connectivity index (χ0n) is 14.4. The Labute approximate surface area is 155 Å². The summed E-state index contributed by atoms with van der Waals surface area (Å²) in [6.07, 6.45) is 0.648. The molecular weight excluding hydrogens is 354 g/mol. The van der Waals surface area contributed by atoms with Crippen molar-refractivity contribution in [2.45, 2.75) is 26.4 Å². The first-order valence-electron chi connectivity index (χ1n) is 8.15. The molecule has 0 aliphatic rings. The van der Waals surface area contributed by atoms with Crippen LogP contribution in [0.2, 0.25) is 5.02 Å². The third-order valence-electron chi connectivity index (χ3n) is 3.92. The van der Waals surface area contributed by atoms with Gasteiger partial charge in [0, 0.05) is 21.7 Å². The Hall–Kier alpha value is -2.79. The zero-order chi connectivity index (χ0) is 18.7. The first-order chi connectivity index (χ1) is 12.4. The normalized spacial score (nSPS) is 12.0. The molecule has 26 heavy (non-hydrogen) atoms. The summed E-state index contributed by atoms with van der Waals surface area (Å²) in [6.45, 7) is 3.49. The maximum absolute atomic E-state index is 12.2. The number of hydrogen-bond donors (Lipinski definition) is 1. The van der Waals surface area contributed by atoms with Crippen LogP contribution in [-0.4, -0.2) is 18.0 Å². The molecule has 1 amide bonds. The molecule has 0 radical (unpaired) electrons. The predicted octanol–water partition coefficient (Wildman–Crippen LogP) is 4.51. The lowest BCUT2D eigenvalue weighted by atomic mass is 10.1. The second kappa shape index (κ2) is 7.62. The van der Waals surface area contributed by atoms with Crippen molar-refractivity contribution in [3.05, 3.63) is 64.9 Å². The lowest BCUT2D eigenvalue weighted by Gasteiger charge is -2.13. The highest BCUT2D eigenvalue weighted by molar-refractivity contribution is 6.30. The van der Waals surface area contributed by atoms with Gasteiger partial charge in [0.1, 0.15) is 5.58 Å². The van der Waals surface area contributed by atoms with Gasteiger partial charge in [-0.1, -0.05) is 29.8 Å². The largest absolute Gasteiger partial charge is 0.464 e. The molecular formula is C20H18ClNO4. The second-order valence-corrected chi connectivity index (χ2v) is 6.51. The number of carbonyl (C=O) groups is 2. The van der Waals surface area contributed by atoms with Gasteiger partial charge in [0.15, 0.2) is 6.10 Å². The van der Waals surface area contributed by atoms with Crippen LogP contribution >= 0.6 is 11.6 Å². The van der Waals surface area contributed by atoms with E-state index in [4.69, 9.17) is 20.8 Å². The highest BCUT2D eigenvalue weighted by Gasteiger charge is 2.19. The zero-order valence-corrected chi connectivity index (χ0v) is 15.2. The van der Waals surface area contributed by atoms with E-state index in [1.165, 1.54) is 6.92 Å².